The van der Waals surface area contributed by atoms with Crippen LogP contribution in [0.5, 0.6) is 0 Å². The van der Waals surface area contributed by atoms with Crippen LogP contribution in [0.2, 0.25) is 0 Å². The Morgan fingerprint density at radius 2 is 1.74 bits per heavy atom. The molecule has 38 heavy (non-hydrogen) atoms. The van der Waals surface area contributed by atoms with Crippen molar-refractivity contribution in [1.82, 2.24) is 15.1 Å². The molecule has 3 aliphatic heterocycles. The van der Waals surface area contributed by atoms with Gasteiger partial charge in [0.2, 0.25) is 5.91 Å². The zero-order chi connectivity index (χ0) is 26.6. The Morgan fingerprint density at radius 1 is 1.03 bits per heavy atom. The standard InChI is InChI=1S/C30H44N4O4/c1-3-7-23-19-34(27-25(35)20-38-28(23)27)30(37)26(21-8-5-6-9-21)31-29(36)22-10-12-24(13-11-22)33-17-15-32(14-4-2)16-18-33/h10-13,21,23,26-28H,3-9,14-20H2,1-2H3,(H,31,36)/t23-,26-,27+,28+/m0/s1. The third kappa shape index (κ3) is 5.62. The van der Waals surface area contributed by atoms with Gasteiger partial charge in [-0.05, 0) is 62.4 Å². The van der Waals surface area contributed by atoms with E-state index in [-0.39, 0.29) is 42.1 Å². The number of anilines is 1. The number of carbonyl (C=O) groups excluding carboxylic acids is 3. The van der Waals surface area contributed by atoms with E-state index in [0.29, 0.717) is 12.1 Å². The van der Waals surface area contributed by atoms with Crippen molar-refractivity contribution in [3.8, 4) is 0 Å². The fraction of sp³-hybridized carbons (Fsp3) is 0.700. The largest absolute Gasteiger partial charge is 0.369 e. The van der Waals surface area contributed by atoms with Gasteiger partial charge in [0.25, 0.3) is 5.91 Å². The molecule has 0 spiro atoms. The molecule has 2 amide bonds. The molecule has 1 N–H and O–H groups in total. The van der Waals surface area contributed by atoms with Crippen LogP contribution in [-0.4, -0.2) is 91.5 Å². The predicted molar refractivity (Wildman–Crippen MR) is 147 cm³/mol. The molecule has 3 saturated heterocycles. The summed E-state index contributed by atoms with van der Waals surface area (Å²) >= 11 is 0. The maximum atomic E-state index is 14.0. The Kier molecular flexibility index (Phi) is 8.68. The zero-order valence-electron chi connectivity index (χ0n) is 23.1. The first-order valence-electron chi connectivity index (χ1n) is 14.8. The van der Waals surface area contributed by atoms with Gasteiger partial charge in [0.15, 0.2) is 5.78 Å². The van der Waals surface area contributed by atoms with Crippen molar-refractivity contribution in [2.75, 3.05) is 50.8 Å². The molecule has 1 aliphatic carbocycles. The number of carbonyl (C=O) groups is 3. The summed E-state index contributed by atoms with van der Waals surface area (Å²) in [6.45, 7) is 10.2. The number of amides is 2. The Balaban J connectivity index is 1.27. The van der Waals surface area contributed by atoms with Crippen LogP contribution >= 0.6 is 0 Å². The lowest BCUT2D eigenvalue weighted by molar-refractivity contribution is -0.139. The van der Waals surface area contributed by atoms with Crippen LogP contribution in [0.4, 0.5) is 5.69 Å². The lowest BCUT2D eigenvalue weighted by Gasteiger charge is -2.36. The summed E-state index contributed by atoms with van der Waals surface area (Å²) < 4.78 is 5.83. The van der Waals surface area contributed by atoms with E-state index in [9.17, 15) is 14.4 Å². The molecule has 0 unspecified atom stereocenters. The van der Waals surface area contributed by atoms with E-state index in [1.807, 2.05) is 24.3 Å². The summed E-state index contributed by atoms with van der Waals surface area (Å²) in [5.41, 5.74) is 1.70. The average Bonchev–Trinajstić information content (AvgIpc) is 3.68. The highest BCUT2D eigenvalue weighted by molar-refractivity contribution is 5.99. The van der Waals surface area contributed by atoms with Gasteiger partial charge in [-0.3, -0.25) is 19.3 Å². The van der Waals surface area contributed by atoms with E-state index in [4.69, 9.17) is 4.74 Å². The molecule has 4 fully saturated rings. The third-order valence-electron chi connectivity index (χ3n) is 9.06. The van der Waals surface area contributed by atoms with Gasteiger partial charge in [-0.1, -0.05) is 33.1 Å². The van der Waals surface area contributed by atoms with Gasteiger partial charge in [-0.2, -0.15) is 0 Å². The molecule has 3 heterocycles. The van der Waals surface area contributed by atoms with E-state index in [1.165, 1.54) is 6.42 Å². The lowest BCUT2D eigenvalue weighted by Crippen LogP contribution is -2.54. The summed E-state index contributed by atoms with van der Waals surface area (Å²) in [5, 5.41) is 3.11. The van der Waals surface area contributed by atoms with Gasteiger partial charge < -0.3 is 19.9 Å². The molecule has 0 bridgehead atoms. The SMILES string of the molecule is CCC[C@H]1CN(C(=O)[C@@H](NC(=O)c2ccc(N3CCN(CCC)CC3)cc2)C2CCCC2)[C@@H]2C(=O)CO[C@H]12. The first-order valence-corrected chi connectivity index (χ1v) is 14.8. The highest BCUT2D eigenvalue weighted by Crippen LogP contribution is 2.36. The molecule has 208 valence electrons. The molecule has 0 aromatic heterocycles. The number of nitrogens with zero attached hydrogens (tertiary/aromatic N) is 3. The van der Waals surface area contributed by atoms with E-state index < -0.39 is 12.1 Å². The monoisotopic (exact) mass is 524 g/mol. The van der Waals surface area contributed by atoms with Crippen molar-refractivity contribution in [2.45, 2.75) is 77.0 Å². The minimum Gasteiger partial charge on any atom is -0.369 e. The second-order valence-corrected chi connectivity index (χ2v) is 11.6. The molecule has 4 atom stereocenters. The first-order chi connectivity index (χ1) is 18.5. The molecule has 8 nitrogen and oxygen atoms in total. The zero-order valence-corrected chi connectivity index (χ0v) is 23.1. The Labute approximate surface area is 227 Å². The number of nitrogens with one attached hydrogen (secondary N) is 1. The van der Waals surface area contributed by atoms with Gasteiger partial charge in [0, 0.05) is 49.9 Å². The van der Waals surface area contributed by atoms with Crippen LogP contribution in [-0.2, 0) is 14.3 Å². The Morgan fingerprint density at radius 3 is 2.39 bits per heavy atom. The number of Topliss-reactive ketones (excluding diaryl/α,β-unsaturated/α-hetero) is 1. The minimum atomic E-state index is -0.606. The number of fused-ring (bicyclic) bond motifs is 1. The Bertz CT molecular complexity index is 984. The number of likely N-dealkylation sites (tertiary alicyclic amines) is 1. The van der Waals surface area contributed by atoms with Crippen LogP contribution in [0.15, 0.2) is 24.3 Å². The number of hydrogen-bond acceptors (Lipinski definition) is 6. The number of piperazine rings is 1. The van der Waals surface area contributed by atoms with Crippen molar-refractivity contribution in [1.29, 1.82) is 0 Å². The van der Waals surface area contributed by atoms with Crippen LogP contribution in [0, 0.1) is 11.8 Å². The molecular weight excluding hydrogens is 480 g/mol. The molecule has 8 heteroatoms. The topological polar surface area (TPSA) is 82.2 Å². The summed E-state index contributed by atoms with van der Waals surface area (Å²) in [7, 11) is 0. The summed E-state index contributed by atoms with van der Waals surface area (Å²) in [4.78, 5) is 46.7. The van der Waals surface area contributed by atoms with E-state index in [0.717, 1.165) is 76.9 Å². The molecule has 4 aliphatic rings. The van der Waals surface area contributed by atoms with Crippen molar-refractivity contribution in [2.24, 2.45) is 11.8 Å². The second-order valence-electron chi connectivity index (χ2n) is 11.6. The minimum absolute atomic E-state index is 0.00966. The molecule has 0 radical (unpaired) electrons. The second kappa shape index (κ2) is 12.2. The van der Waals surface area contributed by atoms with Gasteiger partial charge in [-0.25, -0.2) is 0 Å². The molecular formula is C30H44N4O4. The van der Waals surface area contributed by atoms with Crippen molar-refractivity contribution in [3.63, 3.8) is 0 Å². The molecule has 1 saturated carbocycles. The van der Waals surface area contributed by atoms with Crippen LogP contribution in [0.3, 0.4) is 0 Å². The summed E-state index contributed by atoms with van der Waals surface area (Å²) in [6.07, 6.45) is 6.86. The van der Waals surface area contributed by atoms with Gasteiger partial charge in [-0.15, -0.1) is 0 Å². The number of ketones is 1. The van der Waals surface area contributed by atoms with E-state index in [2.05, 4.69) is 29.0 Å². The highest BCUT2D eigenvalue weighted by atomic mass is 16.5. The van der Waals surface area contributed by atoms with Crippen molar-refractivity contribution < 1.29 is 19.1 Å². The van der Waals surface area contributed by atoms with E-state index >= 15 is 0 Å². The third-order valence-corrected chi connectivity index (χ3v) is 9.06. The average molecular weight is 525 g/mol. The normalized spacial score (nSPS) is 27.1. The predicted octanol–water partition coefficient (Wildman–Crippen LogP) is 3.10. The first kappa shape index (κ1) is 27.1. The number of rotatable bonds is 9. The fourth-order valence-corrected chi connectivity index (χ4v) is 7.05. The Hall–Kier alpha value is -2.45. The number of ether oxygens (including phenoxy) is 1. The van der Waals surface area contributed by atoms with Gasteiger partial charge in [0.1, 0.15) is 18.7 Å². The summed E-state index contributed by atoms with van der Waals surface area (Å²) in [6, 6.07) is 6.67. The van der Waals surface area contributed by atoms with Gasteiger partial charge >= 0.3 is 0 Å². The van der Waals surface area contributed by atoms with E-state index in [1.54, 1.807) is 4.90 Å². The smallest absolute Gasteiger partial charge is 0.251 e. The van der Waals surface area contributed by atoms with Crippen LogP contribution in [0.1, 0.15) is 69.2 Å². The summed E-state index contributed by atoms with van der Waals surface area (Å²) in [5.74, 6) is -0.0591. The van der Waals surface area contributed by atoms with Gasteiger partial charge in [0.05, 0.1) is 6.10 Å². The van der Waals surface area contributed by atoms with Crippen LogP contribution < -0.4 is 10.2 Å². The maximum absolute atomic E-state index is 14.0. The quantitative estimate of drug-likeness (QED) is 0.535. The van der Waals surface area contributed by atoms with Crippen molar-refractivity contribution in [3.05, 3.63) is 29.8 Å². The number of benzene rings is 1. The van der Waals surface area contributed by atoms with Crippen LogP contribution in [0.25, 0.3) is 0 Å². The molecule has 1 aromatic carbocycles. The molecule has 1 aromatic rings. The maximum Gasteiger partial charge on any atom is 0.251 e. The fourth-order valence-electron chi connectivity index (χ4n) is 7.05. The molecule has 5 rings (SSSR count). The lowest BCUT2D eigenvalue weighted by atomic mass is 9.95. The number of hydrogen-bond donors (Lipinski definition) is 1. The highest BCUT2D eigenvalue weighted by Gasteiger charge is 2.53. The van der Waals surface area contributed by atoms with Crippen molar-refractivity contribution >= 4 is 23.3 Å².